The Labute approximate surface area is 231 Å². The van der Waals surface area contributed by atoms with Gasteiger partial charge in [-0.3, -0.25) is 19.4 Å². The summed E-state index contributed by atoms with van der Waals surface area (Å²) in [5.74, 6) is -0.449. The first-order valence-electron chi connectivity index (χ1n) is 13.2. The number of halogens is 1. The van der Waals surface area contributed by atoms with Crippen molar-refractivity contribution in [1.29, 1.82) is 0 Å². The highest BCUT2D eigenvalue weighted by Crippen LogP contribution is 2.27. The molecule has 1 aliphatic rings. The molecular weight excluding hydrogens is 520 g/mol. The maximum Gasteiger partial charge on any atom is 0.257 e. The Morgan fingerprint density at radius 3 is 2.44 bits per heavy atom. The van der Waals surface area contributed by atoms with Crippen LogP contribution in [0.15, 0.2) is 53.5 Å². The van der Waals surface area contributed by atoms with Crippen molar-refractivity contribution in [3.8, 4) is 0 Å². The van der Waals surface area contributed by atoms with Crippen LogP contribution in [0.3, 0.4) is 0 Å². The number of ether oxygens (including phenoxy) is 1. The van der Waals surface area contributed by atoms with Crippen LogP contribution < -0.4 is 10.7 Å². The normalized spacial score (nSPS) is 14.6. The fourth-order valence-electron chi connectivity index (χ4n) is 5.20. The highest BCUT2D eigenvalue weighted by Gasteiger charge is 2.21. The second kappa shape index (κ2) is 12.4. The molecule has 2 aromatic heterocycles. The summed E-state index contributed by atoms with van der Waals surface area (Å²) in [6.07, 6.45) is 1.61. The van der Waals surface area contributed by atoms with E-state index in [9.17, 15) is 19.8 Å². The molecule has 3 heterocycles. The second-order valence-corrected chi connectivity index (χ2v) is 10.3. The van der Waals surface area contributed by atoms with Crippen LogP contribution in [0.5, 0.6) is 0 Å². The molecule has 0 aliphatic carbocycles. The van der Waals surface area contributed by atoms with Gasteiger partial charge in [0.1, 0.15) is 5.56 Å². The van der Waals surface area contributed by atoms with Gasteiger partial charge in [-0.1, -0.05) is 23.7 Å². The third-order valence-electron chi connectivity index (χ3n) is 7.16. The van der Waals surface area contributed by atoms with E-state index in [4.69, 9.17) is 16.3 Å². The number of rotatable bonds is 11. The van der Waals surface area contributed by atoms with E-state index in [2.05, 4.69) is 16.3 Å². The quantitative estimate of drug-likeness (QED) is 0.262. The minimum atomic E-state index is -0.449. The Hall–Kier alpha value is -3.05. The monoisotopic (exact) mass is 552 g/mol. The Balaban J connectivity index is 1.54. The summed E-state index contributed by atoms with van der Waals surface area (Å²) in [6, 6.07) is 13.2. The van der Waals surface area contributed by atoms with Crippen LogP contribution in [0.1, 0.15) is 27.2 Å². The Morgan fingerprint density at radius 2 is 1.74 bits per heavy atom. The lowest BCUT2D eigenvalue weighted by molar-refractivity contribution is 0.0342. The van der Waals surface area contributed by atoms with Crippen molar-refractivity contribution < 1.29 is 19.7 Å². The van der Waals surface area contributed by atoms with Crippen molar-refractivity contribution in [2.24, 2.45) is 0 Å². The lowest BCUT2D eigenvalue weighted by Crippen LogP contribution is -2.35. The van der Waals surface area contributed by atoms with E-state index in [0.717, 1.165) is 40.8 Å². The van der Waals surface area contributed by atoms with E-state index >= 15 is 0 Å². The number of nitrogens with zero attached hydrogens (tertiary/aromatic N) is 3. The highest BCUT2D eigenvalue weighted by molar-refractivity contribution is 6.30. The maximum absolute atomic E-state index is 13.7. The molecule has 1 aliphatic heterocycles. The SMILES string of the molecule is O=C(NCc1ccc(Cl)cc1)c1cn2c(CN(CCO)CCO)cc3cc(CN4CCOCC4)cc(c1=O)c32. The largest absolute Gasteiger partial charge is 0.395 e. The summed E-state index contributed by atoms with van der Waals surface area (Å²) < 4.78 is 7.38. The highest BCUT2D eigenvalue weighted by atomic mass is 35.5. The van der Waals surface area contributed by atoms with Gasteiger partial charge >= 0.3 is 0 Å². The molecule has 2 aromatic carbocycles. The lowest BCUT2D eigenvalue weighted by atomic mass is 10.0. The van der Waals surface area contributed by atoms with Crippen molar-refractivity contribution in [2.45, 2.75) is 19.6 Å². The smallest absolute Gasteiger partial charge is 0.257 e. The van der Waals surface area contributed by atoms with Crippen LogP contribution in [0.4, 0.5) is 0 Å². The summed E-state index contributed by atoms with van der Waals surface area (Å²) in [4.78, 5) is 31.2. The number of nitrogens with one attached hydrogen (secondary N) is 1. The Morgan fingerprint density at radius 1 is 1.03 bits per heavy atom. The average Bonchev–Trinajstić information content (AvgIpc) is 3.27. The Bertz CT molecular complexity index is 1480. The van der Waals surface area contributed by atoms with Gasteiger partial charge < -0.3 is 24.7 Å². The van der Waals surface area contributed by atoms with Crippen LogP contribution in [0.25, 0.3) is 16.3 Å². The molecule has 4 aromatic rings. The molecule has 0 unspecified atom stereocenters. The van der Waals surface area contributed by atoms with Crippen molar-refractivity contribution in [2.75, 3.05) is 52.6 Å². The number of aromatic nitrogens is 1. The molecule has 39 heavy (non-hydrogen) atoms. The predicted octanol–water partition coefficient (Wildman–Crippen LogP) is 2.09. The third kappa shape index (κ3) is 6.24. The fraction of sp³-hybridized carbons (Fsp3) is 0.379. The summed E-state index contributed by atoms with van der Waals surface area (Å²) in [5.41, 5.74) is 3.27. The van der Waals surface area contributed by atoms with Gasteiger partial charge in [-0.25, -0.2) is 0 Å². The minimum absolute atomic E-state index is 0.0398. The molecule has 0 spiro atoms. The van der Waals surface area contributed by atoms with Gasteiger partial charge in [0.2, 0.25) is 5.43 Å². The molecular formula is C29H33ClN4O5. The summed E-state index contributed by atoms with van der Waals surface area (Å²) >= 11 is 5.97. The topological polar surface area (TPSA) is 107 Å². The van der Waals surface area contributed by atoms with E-state index in [1.807, 2.05) is 33.6 Å². The zero-order chi connectivity index (χ0) is 27.4. The fourth-order valence-corrected chi connectivity index (χ4v) is 5.32. The molecule has 1 amide bonds. The Kier molecular flexibility index (Phi) is 8.76. The molecule has 0 bridgehead atoms. The number of pyridine rings is 1. The molecule has 1 fully saturated rings. The number of aliphatic hydroxyl groups is 2. The van der Waals surface area contributed by atoms with Gasteiger partial charge in [0.15, 0.2) is 0 Å². The average molecular weight is 553 g/mol. The molecule has 0 radical (unpaired) electrons. The number of carbonyl (C=O) groups is 1. The van der Waals surface area contributed by atoms with Gasteiger partial charge in [0.25, 0.3) is 5.91 Å². The van der Waals surface area contributed by atoms with Crippen LogP contribution in [-0.4, -0.2) is 82.9 Å². The zero-order valence-electron chi connectivity index (χ0n) is 21.7. The molecule has 206 valence electrons. The van der Waals surface area contributed by atoms with Crippen molar-refractivity contribution in [3.63, 3.8) is 0 Å². The van der Waals surface area contributed by atoms with Crippen LogP contribution in [0.2, 0.25) is 5.02 Å². The van der Waals surface area contributed by atoms with Crippen molar-refractivity contribution in [1.82, 2.24) is 19.5 Å². The summed E-state index contributed by atoms with van der Waals surface area (Å²) in [6.45, 7) is 5.11. The molecule has 3 N–H and O–H groups in total. The van der Waals surface area contributed by atoms with Gasteiger partial charge in [-0.05, 0) is 41.5 Å². The molecule has 5 rings (SSSR count). The van der Waals surface area contributed by atoms with Crippen molar-refractivity contribution in [3.05, 3.63) is 86.3 Å². The standard InChI is InChI=1S/C29H33ClN4O5/c30-23-3-1-20(2-4-23)16-31-29(38)26-19-34-24(18-32(5-9-35)6-10-36)15-22-13-21(14-25(27(22)34)28(26)37)17-33-7-11-39-12-8-33/h1-4,13-15,19,35-36H,5-12,16-18H2,(H,31,38). The summed E-state index contributed by atoms with van der Waals surface area (Å²) in [7, 11) is 0. The molecule has 1 saturated heterocycles. The molecule has 0 atom stereocenters. The number of benzene rings is 2. The van der Waals surface area contributed by atoms with Gasteiger partial charge in [-0.15, -0.1) is 0 Å². The van der Waals surface area contributed by atoms with Crippen LogP contribution in [0, 0.1) is 0 Å². The number of amides is 1. The third-order valence-corrected chi connectivity index (χ3v) is 7.41. The number of morpholine rings is 1. The van der Waals surface area contributed by atoms with Gasteiger partial charge in [0.05, 0.1) is 31.9 Å². The number of carbonyl (C=O) groups excluding carboxylic acids is 1. The maximum atomic E-state index is 13.7. The molecule has 9 nitrogen and oxygen atoms in total. The van der Waals surface area contributed by atoms with Crippen molar-refractivity contribution >= 4 is 33.8 Å². The summed E-state index contributed by atoms with van der Waals surface area (Å²) in [5, 5.41) is 23.9. The predicted molar refractivity (Wildman–Crippen MR) is 151 cm³/mol. The van der Waals surface area contributed by atoms with Gasteiger partial charge in [-0.2, -0.15) is 0 Å². The van der Waals surface area contributed by atoms with E-state index in [0.29, 0.717) is 49.8 Å². The number of hydrogen-bond acceptors (Lipinski definition) is 7. The first kappa shape index (κ1) is 27.5. The minimum Gasteiger partial charge on any atom is -0.395 e. The molecule has 0 saturated carbocycles. The first-order chi connectivity index (χ1) is 19.0. The lowest BCUT2D eigenvalue weighted by Gasteiger charge is -2.26. The van der Waals surface area contributed by atoms with E-state index < -0.39 is 5.91 Å². The van der Waals surface area contributed by atoms with Gasteiger partial charge in [0, 0.05) is 73.5 Å². The van der Waals surface area contributed by atoms with Crippen LogP contribution in [-0.2, 0) is 24.4 Å². The zero-order valence-corrected chi connectivity index (χ0v) is 22.5. The van der Waals surface area contributed by atoms with E-state index in [1.54, 1.807) is 18.3 Å². The second-order valence-electron chi connectivity index (χ2n) is 9.88. The number of hydrogen-bond donors (Lipinski definition) is 3. The number of aliphatic hydroxyl groups excluding tert-OH is 2. The van der Waals surface area contributed by atoms with Crippen LogP contribution >= 0.6 is 11.6 Å². The molecule has 10 heteroatoms. The van der Waals surface area contributed by atoms with E-state index in [1.165, 1.54) is 0 Å². The first-order valence-corrected chi connectivity index (χ1v) is 13.5. The van der Waals surface area contributed by atoms with E-state index in [-0.39, 0.29) is 30.8 Å².